The van der Waals surface area contributed by atoms with Crippen LogP contribution in [0.2, 0.25) is 0 Å². The van der Waals surface area contributed by atoms with Gasteiger partial charge in [-0.3, -0.25) is 4.79 Å². The normalized spacial score (nSPS) is 19.4. The number of benzene rings is 1. The second-order valence-electron chi connectivity index (χ2n) is 6.57. The van der Waals surface area contributed by atoms with E-state index in [4.69, 9.17) is 4.74 Å². The van der Waals surface area contributed by atoms with E-state index in [1.165, 1.54) is 16.7 Å². The van der Waals surface area contributed by atoms with E-state index in [0.717, 1.165) is 0 Å². The molecule has 1 atom stereocenters. The largest absolute Gasteiger partial charge is 0.383 e. The molecule has 1 aliphatic rings. The van der Waals surface area contributed by atoms with Crippen molar-refractivity contribution in [2.45, 2.75) is 39.2 Å². The van der Waals surface area contributed by atoms with E-state index in [2.05, 4.69) is 32.0 Å². The molecule has 1 saturated heterocycles. The molecule has 0 saturated carbocycles. The van der Waals surface area contributed by atoms with E-state index in [0.29, 0.717) is 32.4 Å². The van der Waals surface area contributed by atoms with Crippen molar-refractivity contribution in [3.63, 3.8) is 0 Å². The number of hydrogen-bond donors (Lipinski definition) is 0. The third-order valence-corrected chi connectivity index (χ3v) is 6.36. The molecule has 24 heavy (non-hydrogen) atoms. The Morgan fingerprint density at radius 3 is 2.67 bits per heavy atom. The lowest BCUT2D eigenvalue weighted by atomic mass is 10.0. The van der Waals surface area contributed by atoms with Gasteiger partial charge in [-0.1, -0.05) is 23.8 Å². The van der Waals surface area contributed by atoms with Crippen molar-refractivity contribution in [2.75, 3.05) is 31.8 Å². The summed E-state index contributed by atoms with van der Waals surface area (Å²) in [5.74, 6) is 0.256. The van der Waals surface area contributed by atoms with Crippen LogP contribution >= 0.6 is 0 Å². The van der Waals surface area contributed by atoms with Gasteiger partial charge in [-0.15, -0.1) is 0 Å². The summed E-state index contributed by atoms with van der Waals surface area (Å²) in [5, 5.41) is 0. The van der Waals surface area contributed by atoms with Crippen molar-refractivity contribution in [3.8, 4) is 0 Å². The van der Waals surface area contributed by atoms with Crippen molar-refractivity contribution in [1.82, 2.24) is 4.90 Å². The lowest BCUT2D eigenvalue weighted by molar-refractivity contribution is -0.133. The lowest BCUT2D eigenvalue weighted by Gasteiger charge is -2.28. The zero-order valence-electron chi connectivity index (χ0n) is 14.7. The molecule has 0 N–H and O–H groups in total. The number of hydrogen-bond acceptors (Lipinski definition) is 4. The van der Waals surface area contributed by atoms with Crippen molar-refractivity contribution in [1.29, 1.82) is 0 Å². The molecule has 1 aromatic rings. The second kappa shape index (κ2) is 8.12. The van der Waals surface area contributed by atoms with E-state index in [-0.39, 0.29) is 23.5 Å². The fraction of sp³-hybridized carbons (Fsp3) is 0.611. The van der Waals surface area contributed by atoms with Crippen LogP contribution in [0.15, 0.2) is 18.2 Å². The van der Waals surface area contributed by atoms with Gasteiger partial charge in [0.15, 0.2) is 9.84 Å². The van der Waals surface area contributed by atoms with Gasteiger partial charge in [-0.05, 0) is 37.8 Å². The van der Waals surface area contributed by atoms with Crippen LogP contribution in [-0.4, -0.2) is 57.0 Å². The van der Waals surface area contributed by atoms with E-state index in [1.54, 1.807) is 12.0 Å². The maximum absolute atomic E-state index is 12.7. The summed E-state index contributed by atoms with van der Waals surface area (Å²) in [4.78, 5) is 14.4. The molecule has 1 fully saturated rings. The van der Waals surface area contributed by atoms with Crippen LogP contribution in [0, 0.1) is 13.8 Å². The van der Waals surface area contributed by atoms with Gasteiger partial charge in [0.2, 0.25) is 5.91 Å². The molecule has 1 heterocycles. The first-order valence-electron chi connectivity index (χ1n) is 8.37. The number of nitrogens with zero attached hydrogens (tertiary/aromatic N) is 1. The molecule has 6 heteroatoms. The Morgan fingerprint density at radius 1 is 1.33 bits per heavy atom. The van der Waals surface area contributed by atoms with Gasteiger partial charge in [0.05, 0.1) is 18.1 Å². The van der Waals surface area contributed by atoms with Gasteiger partial charge < -0.3 is 9.64 Å². The van der Waals surface area contributed by atoms with Crippen molar-refractivity contribution in [2.24, 2.45) is 0 Å². The van der Waals surface area contributed by atoms with Crippen LogP contribution in [0.3, 0.4) is 0 Å². The lowest BCUT2D eigenvalue weighted by Crippen LogP contribution is -2.43. The maximum Gasteiger partial charge on any atom is 0.223 e. The van der Waals surface area contributed by atoms with Crippen LogP contribution in [0.25, 0.3) is 0 Å². The number of methoxy groups -OCH3 is 1. The number of amides is 1. The summed E-state index contributed by atoms with van der Waals surface area (Å²) in [7, 11) is -1.43. The SMILES string of the molecule is COCCN(C(=O)CCc1ccc(C)cc1C)C1CCS(=O)(=O)C1. The molecule has 1 aliphatic heterocycles. The van der Waals surface area contributed by atoms with Gasteiger partial charge >= 0.3 is 0 Å². The Morgan fingerprint density at radius 2 is 2.08 bits per heavy atom. The average molecular weight is 353 g/mol. The van der Waals surface area contributed by atoms with Crippen LogP contribution in [-0.2, 0) is 25.8 Å². The highest BCUT2D eigenvalue weighted by Crippen LogP contribution is 2.20. The molecule has 1 unspecified atom stereocenters. The third kappa shape index (κ3) is 5.05. The number of rotatable bonds is 7. The van der Waals surface area contributed by atoms with Crippen molar-refractivity contribution in [3.05, 3.63) is 34.9 Å². The minimum Gasteiger partial charge on any atom is -0.383 e. The molecule has 1 aromatic carbocycles. The highest BCUT2D eigenvalue weighted by atomic mass is 32.2. The summed E-state index contributed by atoms with van der Waals surface area (Å²) < 4.78 is 28.5. The van der Waals surface area contributed by atoms with Gasteiger partial charge in [-0.2, -0.15) is 0 Å². The molecule has 0 aromatic heterocycles. The van der Waals surface area contributed by atoms with Crippen LogP contribution < -0.4 is 0 Å². The predicted octanol–water partition coefficient (Wildman–Crippen LogP) is 1.90. The minimum absolute atomic E-state index is 0.00845. The number of carbonyl (C=O) groups excluding carboxylic acids is 1. The number of ether oxygens (including phenoxy) is 1. The van der Waals surface area contributed by atoms with Gasteiger partial charge in [-0.25, -0.2) is 8.42 Å². The highest BCUT2D eigenvalue weighted by Gasteiger charge is 2.34. The minimum atomic E-state index is -3.01. The Bertz CT molecular complexity index is 684. The van der Waals surface area contributed by atoms with Gasteiger partial charge in [0.25, 0.3) is 0 Å². The fourth-order valence-electron chi connectivity index (χ4n) is 3.23. The van der Waals surface area contributed by atoms with Crippen LogP contribution in [0.1, 0.15) is 29.5 Å². The molecule has 134 valence electrons. The van der Waals surface area contributed by atoms with Crippen LogP contribution in [0.5, 0.6) is 0 Å². The smallest absolute Gasteiger partial charge is 0.223 e. The molecular weight excluding hydrogens is 326 g/mol. The molecule has 5 nitrogen and oxygen atoms in total. The standard InChI is InChI=1S/C18H27NO4S/c1-14-4-5-16(15(2)12-14)6-7-18(20)19(9-10-23-3)17-8-11-24(21,22)13-17/h4-5,12,17H,6-11,13H2,1-3H3. The van der Waals surface area contributed by atoms with Gasteiger partial charge in [0, 0.05) is 26.1 Å². The van der Waals surface area contributed by atoms with Crippen molar-refractivity contribution < 1.29 is 17.9 Å². The Hall–Kier alpha value is -1.40. The molecular formula is C18H27NO4S. The number of aryl methyl sites for hydroxylation is 3. The zero-order chi connectivity index (χ0) is 17.7. The third-order valence-electron chi connectivity index (χ3n) is 4.61. The first-order chi connectivity index (χ1) is 11.3. The zero-order valence-corrected chi connectivity index (χ0v) is 15.6. The van der Waals surface area contributed by atoms with Gasteiger partial charge in [0.1, 0.15) is 0 Å². The first kappa shape index (κ1) is 18.9. The van der Waals surface area contributed by atoms with E-state index < -0.39 is 9.84 Å². The summed E-state index contributed by atoms with van der Waals surface area (Å²) in [6, 6.07) is 6.03. The molecule has 0 aliphatic carbocycles. The quantitative estimate of drug-likeness (QED) is 0.751. The average Bonchev–Trinajstić information content (AvgIpc) is 2.86. The maximum atomic E-state index is 12.7. The topological polar surface area (TPSA) is 63.7 Å². The molecule has 0 spiro atoms. The Kier molecular flexibility index (Phi) is 6.40. The highest BCUT2D eigenvalue weighted by molar-refractivity contribution is 7.91. The number of sulfone groups is 1. The van der Waals surface area contributed by atoms with E-state index in [1.807, 2.05) is 0 Å². The number of carbonyl (C=O) groups is 1. The predicted molar refractivity (Wildman–Crippen MR) is 94.9 cm³/mol. The molecule has 1 amide bonds. The summed E-state index contributed by atoms with van der Waals surface area (Å²) in [5.41, 5.74) is 3.56. The molecule has 2 rings (SSSR count). The monoisotopic (exact) mass is 353 g/mol. The fourth-order valence-corrected chi connectivity index (χ4v) is 4.96. The molecule has 0 radical (unpaired) electrons. The summed E-state index contributed by atoms with van der Waals surface area (Å²) >= 11 is 0. The Balaban J connectivity index is 2.02. The van der Waals surface area contributed by atoms with Crippen molar-refractivity contribution >= 4 is 15.7 Å². The van der Waals surface area contributed by atoms with E-state index in [9.17, 15) is 13.2 Å². The first-order valence-corrected chi connectivity index (χ1v) is 10.2. The summed E-state index contributed by atoms with van der Waals surface area (Å²) in [6.45, 7) is 4.97. The Labute approximate surface area is 144 Å². The van der Waals surface area contributed by atoms with E-state index >= 15 is 0 Å². The molecule has 0 bridgehead atoms. The second-order valence-corrected chi connectivity index (χ2v) is 8.80. The van der Waals surface area contributed by atoms with Crippen LogP contribution in [0.4, 0.5) is 0 Å². The summed E-state index contributed by atoms with van der Waals surface area (Å²) in [6.07, 6.45) is 1.60.